The van der Waals surface area contributed by atoms with Crippen LogP contribution in [0, 0.1) is 0 Å². The highest BCUT2D eigenvalue weighted by Gasteiger charge is 1.87. The van der Waals surface area contributed by atoms with Crippen LogP contribution in [0.5, 0.6) is 0 Å². The van der Waals surface area contributed by atoms with Crippen molar-refractivity contribution in [2.75, 3.05) is 27.3 Å². The van der Waals surface area contributed by atoms with E-state index in [-0.39, 0.29) is 0 Å². The molecular weight excluding hydrogens is 114 g/mol. The van der Waals surface area contributed by atoms with Crippen molar-refractivity contribution in [1.82, 2.24) is 0 Å². The minimum Gasteiger partial charge on any atom is -0.385 e. The summed E-state index contributed by atoms with van der Waals surface area (Å²) in [5, 5.41) is 2.22. The summed E-state index contributed by atoms with van der Waals surface area (Å²) in [4.78, 5) is 0. The van der Waals surface area contributed by atoms with Crippen molar-refractivity contribution in [3.63, 3.8) is 0 Å². The number of unbranched alkanes of at least 4 members (excludes halogenated alkanes) is 2. The third kappa shape index (κ3) is 7.92. The summed E-state index contributed by atoms with van der Waals surface area (Å²) < 4.78 is 4.91. The Balaban J connectivity index is 2.60. The highest BCUT2D eigenvalue weighted by molar-refractivity contribution is 4.36. The highest BCUT2D eigenvalue weighted by atomic mass is 16.5. The molecule has 0 aliphatic heterocycles. The Kier molecular flexibility index (Phi) is 7.85. The molecule has 0 amide bonds. The van der Waals surface area contributed by atoms with Gasteiger partial charge in [0.25, 0.3) is 0 Å². The lowest BCUT2D eigenvalue weighted by Crippen LogP contribution is -2.79. The maximum Gasteiger partial charge on any atom is 0.0753 e. The Morgan fingerprint density at radius 2 is 2.00 bits per heavy atom. The van der Waals surface area contributed by atoms with E-state index in [4.69, 9.17) is 4.74 Å². The molecule has 0 aromatic heterocycles. The molecule has 0 radical (unpaired) electrons. The SMILES string of the molecule is C[NH2+]CCCCCOC. The van der Waals surface area contributed by atoms with Gasteiger partial charge in [-0.2, -0.15) is 0 Å². The molecule has 0 spiro atoms. The molecule has 56 valence electrons. The van der Waals surface area contributed by atoms with Crippen LogP contribution in [-0.4, -0.2) is 27.3 Å². The molecule has 0 heterocycles. The van der Waals surface area contributed by atoms with E-state index in [0.29, 0.717) is 0 Å². The molecule has 0 saturated heterocycles. The van der Waals surface area contributed by atoms with Gasteiger partial charge < -0.3 is 10.1 Å². The van der Waals surface area contributed by atoms with Crippen LogP contribution in [0.4, 0.5) is 0 Å². The fourth-order valence-corrected chi connectivity index (χ4v) is 0.772. The van der Waals surface area contributed by atoms with Crippen molar-refractivity contribution in [3.8, 4) is 0 Å². The van der Waals surface area contributed by atoms with Gasteiger partial charge >= 0.3 is 0 Å². The van der Waals surface area contributed by atoms with E-state index in [1.54, 1.807) is 7.11 Å². The highest BCUT2D eigenvalue weighted by Crippen LogP contribution is 1.91. The van der Waals surface area contributed by atoms with E-state index in [9.17, 15) is 0 Å². The largest absolute Gasteiger partial charge is 0.385 e. The molecular formula is C7H18NO+. The monoisotopic (exact) mass is 132 g/mol. The van der Waals surface area contributed by atoms with Crippen LogP contribution in [0.15, 0.2) is 0 Å². The number of methoxy groups -OCH3 is 1. The van der Waals surface area contributed by atoms with Gasteiger partial charge in [-0.05, 0) is 19.3 Å². The zero-order valence-corrected chi connectivity index (χ0v) is 6.52. The van der Waals surface area contributed by atoms with E-state index in [1.165, 1.54) is 25.8 Å². The molecule has 0 rings (SSSR count). The molecule has 0 aromatic rings. The second kappa shape index (κ2) is 7.92. The smallest absolute Gasteiger partial charge is 0.0753 e. The average molecular weight is 132 g/mol. The van der Waals surface area contributed by atoms with Crippen molar-refractivity contribution >= 4 is 0 Å². The van der Waals surface area contributed by atoms with Gasteiger partial charge in [-0.1, -0.05) is 0 Å². The summed E-state index contributed by atoms with van der Waals surface area (Å²) in [6.07, 6.45) is 3.84. The van der Waals surface area contributed by atoms with Crippen molar-refractivity contribution in [2.24, 2.45) is 0 Å². The molecule has 9 heavy (non-hydrogen) atoms. The Hall–Kier alpha value is -0.0800. The van der Waals surface area contributed by atoms with Crippen LogP contribution in [0.1, 0.15) is 19.3 Å². The number of rotatable bonds is 6. The molecule has 0 atom stereocenters. The predicted octanol–water partition coefficient (Wildman–Crippen LogP) is -0.00370. The minimum atomic E-state index is 0.920. The van der Waals surface area contributed by atoms with Crippen molar-refractivity contribution < 1.29 is 10.1 Å². The molecule has 0 fully saturated rings. The van der Waals surface area contributed by atoms with Gasteiger partial charge in [0.2, 0.25) is 0 Å². The molecule has 0 unspecified atom stereocenters. The van der Waals surface area contributed by atoms with Crippen molar-refractivity contribution in [3.05, 3.63) is 0 Å². The fourth-order valence-electron chi connectivity index (χ4n) is 0.772. The number of quaternary nitrogens is 1. The minimum absolute atomic E-state index is 0.920. The van der Waals surface area contributed by atoms with E-state index in [2.05, 4.69) is 12.4 Å². The molecule has 2 heteroatoms. The Labute approximate surface area is 57.6 Å². The first-order valence-corrected chi connectivity index (χ1v) is 3.68. The van der Waals surface area contributed by atoms with Gasteiger partial charge in [-0.25, -0.2) is 0 Å². The second-order valence-electron chi connectivity index (χ2n) is 2.25. The van der Waals surface area contributed by atoms with Crippen molar-refractivity contribution in [1.29, 1.82) is 0 Å². The van der Waals surface area contributed by atoms with E-state index < -0.39 is 0 Å². The normalized spacial score (nSPS) is 10.0. The van der Waals surface area contributed by atoms with Crippen LogP contribution in [0.2, 0.25) is 0 Å². The van der Waals surface area contributed by atoms with E-state index in [1.807, 2.05) is 0 Å². The molecule has 0 saturated carbocycles. The average Bonchev–Trinajstić information content (AvgIpc) is 1.89. The van der Waals surface area contributed by atoms with Gasteiger partial charge in [0, 0.05) is 13.7 Å². The number of hydrogen-bond donors (Lipinski definition) is 1. The number of ether oxygens (including phenoxy) is 1. The molecule has 2 nitrogen and oxygen atoms in total. The van der Waals surface area contributed by atoms with Crippen LogP contribution >= 0.6 is 0 Å². The summed E-state index contributed by atoms with van der Waals surface area (Å²) in [5.74, 6) is 0. The first-order valence-electron chi connectivity index (χ1n) is 3.68. The summed E-state index contributed by atoms with van der Waals surface area (Å²) >= 11 is 0. The Morgan fingerprint density at radius 3 is 2.56 bits per heavy atom. The molecule has 0 bridgehead atoms. The van der Waals surface area contributed by atoms with Crippen LogP contribution in [0.25, 0.3) is 0 Å². The molecule has 2 N–H and O–H groups in total. The topological polar surface area (TPSA) is 25.8 Å². The predicted molar refractivity (Wildman–Crippen MR) is 38.4 cm³/mol. The number of hydrogen-bond acceptors (Lipinski definition) is 1. The van der Waals surface area contributed by atoms with E-state index >= 15 is 0 Å². The first kappa shape index (κ1) is 8.92. The zero-order chi connectivity index (χ0) is 6.95. The Morgan fingerprint density at radius 1 is 1.22 bits per heavy atom. The lowest BCUT2D eigenvalue weighted by molar-refractivity contribution is -0.627. The summed E-state index contributed by atoms with van der Waals surface area (Å²) in [7, 11) is 3.86. The second-order valence-corrected chi connectivity index (χ2v) is 2.25. The summed E-state index contributed by atoms with van der Waals surface area (Å²) in [6, 6.07) is 0. The van der Waals surface area contributed by atoms with Crippen LogP contribution < -0.4 is 5.32 Å². The zero-order valence-electron chi connectivity index (χ0n) is 6.52. The van der Waals surface area contributed by atoms with Crippen LogP contribution in [-0.2, 0) is 4.74 Å². The quantitative estimate of drug-likeness (QED) is 0.506. The maximum absolute atomic E-state index is 4.91. The lowest BCUT2D eigenvalue weighted by atomic mass is 10.2. The Bertz CT molecular complexity index is 42.2. The van der Waals surface area contributed by atoms with E-state index in [0.717, 1.165) is 6.61 Å². The fraction of sp³-hybridized carbons (Fsp3) is 1.00. The van der Waals surface area contributed by atoms with Gasteiger partial charge in [-0.15, -0.1) is 0 Å². The first-order chi connectivity index (χ1) is 4.41. The summed E-state index contributed by atoms with van der Waals surface area (Å²) in [6.45, 7) is 2.17. The van der Waals surface area contributed by atoms with Gasteiger partial charge in [-0.3, -0.25) is 0 Å². The van der Waals surface area contributed by atoms with Gasteiger partial charge in [0.1, 0.15) is 0 Å². The third-order valence-corrected chi connectivity index (χ3v) is 1.34. The lowest BCUT2D eigenvalue weighted by Gasteiger charge is -1.96. The molecule has 0 aromatic carbocycles. The van der Waals surface area contributed by atoms with Crippen molar-refractivity contribution in [2.45, 2.75) is 19.3 Å². The standard InChI is InChI=1S/C7H17NO/c1-8-6-4-3-5-7-9-2/h8H,3-7H2,1-2H3/p+1. The molecule has 0 aliphatic carbocycles. The van der Waals surface area contributed by atoms with Gasteiger partial charge in [0.05, 0.1) is 13.6 Å². The third-order valence-electron chi connectivity index (χ3n) is 1.34. The maximum atomic E-state index is 4.91. The van der Waals surface area contributed by atoms with Crippen LogP contribution in [0.3, 0.4) is 0 Å². The summed E-state index contributed by atoms with van der Waals surface area (Å²) in [5.41, 5.74) is 0. The van der Waals surface area contributed by atoms with Gasteiger partial charge in [0.15, 0.2) is 0 Å². The molecule has 0 aliphatic rings. The number of nitrogens with two attached hydrogens (primary N) is 1.